The molecule has 0 spiro atoms. The molecule has 16 heavy (non-hydrogen) atoms. The second-order valence-electron chi connectivity index (χ2n) is 4.43. The van der Waals surface area contributed by atoms with Crippen molar-refractivity contribution >= 4 is 27.3 Å². The summed E-state index contributed by atoms with van der Waals surface area (Å²) in [5.74, 6) is 0. The molecule has 0 bridgehead atoms. The molecule has 0 saturated carbocycles. The number of nitrogens with zero attached hydrogens (tertiary/aromatic N) is 1. The fraction of sp³-hybridized carbons (Fsp3) is 0.667. The van der Waals surface area contributed by atoms with Crippen molar-refractivity contribution in [2.45, 2.75) is 32.4 Å². The number of nitrogens with one attached hydrogen (secondary N) is 1. The fourth-order valence-electron chi connectivity index (χ4n) is 2.27. The summed E-state index contributed by atoms with van der Waals surface area (Å²) in [6.45, 7) is 6.87. The van der Waals surface area contributed by atoms with Crippen LogP contribution in [0, 0.1) is 0 Å². The lowest BCUT2D eigenvalue weighted by atomic mass is 10.1. The lowest BCUT2D eigenvalue weighted by molar-refractivity contribution is 0.187. The van der Waals surface area contributed by atoms with Gasteiger partial charge in [0, 0.05) is 32.2 Å². The maximum absolute atomic E-state index is 3.59. The summed E-state index contributed by atoms with van der Waals surface area (Å²) in [6.07, 6.45) is 2.57. The summed E-state index contributed by atoms with van der Waals surface area (Å²) >= 11 is 5.30. The van der Waals surface area contributed by atoms with Gasteiger partial charge in [0.25, 0.3) is 0 Å². The summed E-state index contributed by atoms with van der Waals surface area (Å²) in [4.78, 5) is 2.56. The molecule has 0 amide bonds. The molecule has 2 rings (SSSR count). The Hall–Kier alpha value is 0.1000. The first-order valence-electron chi connectivity index (χ1n) is 5.96. The number of thiophene rings is 1. The van der Waals surface area contributed by atoms with Crippen LogP contribution in [0.1, 0.15) is 25.3 Å². The first kappa shape index (κ1) is 12.6. The molecule has 1 aliphatic heterocycles. The van der Waals surface area contributed by atoms with Crippen LogP contribution in [-0.4, -0.2) is 30.6 Å². The van der Waals surface area contributed by atoms with Crippen molar-refractivity contribution in [3.8, 4) is 0 Å². The number of rotatable bonds is 4. The molecule has 1 atom stereocenters. The SMILES string of the molecule is CCCC1CN(Cc2csc(Br)c2)CCN1. The van der Waals surface area contributed by atoms with Gasteiger partial charge in [-0.3, -0.25) is 4.90 Å². The molecule has 2 nitrogen and oxygen atoms in total. The Morgan fingerprint density at radius 1 is 1.62 bits per heavy atom. The third kappa shape index (κ3) is 3.55. The average molecular weight is 303 g/mol. The Morgan fingerprint density at radius 3 is 3.19 bits per heavy atom. The van der Waals surface area contributed by atoms with Crippen molar-refractivity contribution in [2.24, 2.45) is 0 Å². The normalized spacial score (nSPS) is 22.5. The van der Waals surface area contributed by atoms with E-state index >= 15 is 0 Å². The first-order valence-corrected chi connectivity index (χ1v) is 7.64. The van der Waals surface area contributed by atoms with Crippen LogP contribution < -0.4 is 5.32 Å². The van der Waals surface area contributed by atoms with Gasteiger partial charge in [0.1, 0.15) is 0 Å². The Balaban J connectivity index is 1.85. The van der Waals surface area contributed by atoms with Crippen LogP contribution in [0.25, 0.3) is 0 Å². The third-order valence-corrected chi connectivity index (χ3v) is 4.56. The van der Waals surface area contributed by atoms with Gasteiger partial charge < -0.3 is 5.32 Å². The van der Waals surface area contributed by atoms with E-state index in [-0.39, 0.29) is 0 Å². The van der Waals surface area contributed by atoms with Crippen molar-refractivity contribution in [2.75, 3.05) is 19.6 Å². The molecular weight excluding hydrogens is 284 g/mol. The van der Waals surface area contributed by atoms with Crippen LogP contribution in [0.4, 0.5) is 0 Å². The van der Waals surface area contributed by atoms with E-state index in [0.29, 0.717) is 6.04 Å². The molecular formula is C12H19BrN2S. The number of hydrogen-bond acceptors (Lipinski definition) is 3. The van der Waals surface area contributed by atoms with E-state index < -0.39 is 0 Å². The van der Waals surface area contributed by atoms with Gasteiger partial charge in [0.05, 0.1) is 3.79 Å². The van der Waals surface area contributed by atoms with Crippen LogP contribution in [0.5, 0.6) is 0 Å². The maximum atomic E-state index is 3.59. The predicted octanol–water partition coefficient (Wildman–Crippen LogP) is 3.08. The molecule has 0 aliphatic carbocycles. The molecule has 2 heterocycles. The van der Waals surface area contributed by atoms with E-state index in [1.165, 1.54) is 35.3 Å². The van der Waals surface area contributed by atoms with E-state index in [2.05, 4.69) is 44.5 Å². The Kier molecular flexibility index (Phi) is 4.82. The van der Waals surface area contributed by atoms with Crippen LogP contribution in [0.15, 0.2) is 15.2 Å². The molecule has 90 valence electrons. The average Bonchev–Trinajstić information content (AvgIpc) is 2.65. The molecule has 0 radical (unpaired) electrons. The minimum Gasteiger partial charge on any atom is -0.311 e. The highest BCUT2D eigenvalue weighted by molar-refractivity contribution is 9.11. The molecule has 4 heteroatoms. The highest BCUT2D eigenvalue weighted by Crippen LogP contribution is 2.22. The molecule has 1 fully saturated rings. The summed E-state index contributed by atoms with van der Waals surface area (Å²) in [5, 5.41) is 5.84. The molecule has 1 aromatic rings. The fourth-order valence-corrected chi connectivity index (χ4v) is 3.47. The van der Waals surface area contributed by atoms with Crippen LogP contribution in [-0.2, 0) is 6.54 Å². The summed E-state index contributed by atoms with van der Waals surface area (Å²) in [5.41, 5.74) is 1.44. The quantitative estimate of drug-likeness (QED) is 0.919. The monoisotopic (exact) mass is 302 g/mol. The summed E-state index contributed by atoms with van der Waals surface area (Å²) in [7, 11) is 0. The predicted molar refractivity (Wildman–Crippen MR) is 74.0 cm³/mol. The van der Waals surface area contributed by atoms with Crippen LogP contribution >= 0.6 is 27.3 Å². The van der Waals surface area contributed by atoms with Gasteiger partial charge in [-0.25, -0.2) is 0 Å². The zero-order valence-electron chi connectivity index (χ0n) is 9.71. The Morgan fingerprint density at radius 2 is 2.50 bits per heavy atom. The second-order valence-corrected chi connectivity index (χ2v) is 6.72. The molecule has 1 unspecified atom stereocenters. The summed E-state index contributed by atoms with van der Waals surface area (Å²) in [6, 6.07) is 2.93. The minimum atomic E-state index is 0.695. The van der Waals surface area contributed by atoms with Gasteiger partial charge in [0.15, 0.2) is 0 Å². The standard InChI is InChI=1S/C12H19BrN2S/c1-2-3-11-8-15(5-4-14-11)7-10-6-12(13)16-9-10/h6,9,11,14H,2-5,7-8H2,1H3. The van der Waals surface area contributed by atoms with Crippen molar-refractivity contribution in [3.05, 3.63) is 20.8 Å². The number of hydrogen-bond donors (Lipinski definition) is 1. The smallest absolute Gasteiger partial charge is 0.0701 e. The maximum Gasteiger partial charge on any atom is 0.0701 e. The first-order chi connectivity index (χ1) is 7.78. The zero-order valence-corrected chi connectivity index (χ0v) is 12.1. The molecule has 1 aromatic heterocycles. The van der Waals surface area contributed by atoms with Crippen molar-refractivity contribution in [1.29, 1.82) is 0 Å². The van der Waals surface area contributed by atoms with Gasteiger partial charge in [-0.2, -0.15) is 0 Å². The minimum absolute atomic E-state index is 0.695. The second kappa shape index (κ2) is 6.15. The Bertz CT molecular complexity index is 325. The lowest BCUT2D eigenvalue weighted by Crippen LogP contribution is -2.50. The lowest BCUT2D eigenvalue weighted by Gasteiger charge is -2.33. The topological polar surface area (TPSA) is 15.3 Å². The highest BCUT2D eigenvalue weighted by atomic mass is 79.9. The molecule has 1 N–H and O–H groups in total. The van der Waals surface area contributed by atoms with Gasteiger partial charge in [-0.15, -0.1) is 11.3 Å². The van der Waals surface area contributed by atoms with Gasteiger partial charge >= 0.3 is 0 Å². The van der Waals surface area contributed by atoms with Gasteiger partial charge in [-0.05, 0) is 39.4 Å². The molecule has 1 saturated heterocycles. The summed E-state index contributed by atoms with van der Waals surface area (Å²) < 4.78 is 1.24. The molecule has 0 aromatic carbocycles. The zero-order chi connectivity index (χ0) is 11.4. The largest absolute Gasteiger partial charge is 0.311 e. The highest BCUT2D eigenvalue weighted by Gasteiger charge is 2.18. The van der Waals surface area contributed by atoms with Gasteiger partial charge in [0.2, 0.25) is 0 Å². The van der Waals surface area contributed by atoms with Crippen molar-refractivity contribution in [3.63, 3.8) is 0 Å². The van der Waals surface area contributed by atoms with E-state index in [9.17, 15) is 0 Å². The van der Waals surface area contributed by atoms with E-state index in [1.807, 2.05) is 0 Å². The van der Waals surface area contributed by atoms with Gasteiger partial charge in [-0.1, -0.05) is 13.3 Å². The number of piperazine rings is 1. The van der Waals surface area contributed by atoms with E-state index in [1.54, 1.807) is 11.3 Å². The Labute approximate surface area is 110 Å². The third-order valence-electron chi connectivity index (χ3n) is 3.00. The van der Waals surface area contributed by atoms with Crippen LogP contribution in [0.3, 0.4) is 0 Å². The van der Waals surface area contributed by atoms with E-state index in [0.717, 1.165) is 13.1 Å². The van der Waals surface area contributed by atoms with Crippen LogP contribution in [0.2, 0.25) is 0 Å². The number of halogens is 1. The van der Waals surface area contributed by atoms with E-state index in [4.69, 9.17) is 0 Å². The van der Waals surface area contributed by atoms with Crippen molar-refractivity contribution in [1.82, 2.24) is 10.2 Å². The van der Waals surface area contributed by atoms with Crippen molar-refractivity contribution < 1.29 is 0 Å². The molecule has 1 aliphatic rings.